The van der Waals surface area contributed by atoms with Crippen LogP contribution in [0, 0.1) is 0 Å². The second kappa shape index (κ2) is 4.02. The predicted molar refractivity (Wildman–Crippen MR) is 63.2 cm³/mol. The number of anilines is 1. The highest BCUT2D eigenvalue weighted by Gasteiger charge is 2.10. The van der Waals surface area contributed by atoms with Crippen LogP contribution in [0.15, 0.2) is 29.0 Å². The van der Waals surface area contributed by atoms with Crippen molar-refractivity contribution in [1.29, 1.82) is 0 Å². The summed E-state index contributed by atoms with van der Waals surface area (Å²) in [5.41, 5.74) is 7.57. The van der Waals surface area contributed by atoms with Crippen molar-refractivity contribution in [1.82, 2.24) is 14.8 Å². The highest BCUT2D eigenvalue weighted by Crippen LogP contribution is 2.30. The number of nitrogen functional groups attached to an aromatic ring is 1. The minimum atomic E-state index is 0.695. The molecule has 0 bridgehead atoms. The lowest BCUT2D eigenvalue weighted by atomic mass is 10.1. The molecule has 0 aliphatic rings. The van der Waals surface area contributed by atoms with Crippen LogP contribution in [0.1, 0.15) is 6.92 Å². The zero-order chi connectivity index (χ0) is 10.8. The van der Waals surface area contributed by atoms with E-state index in [1.54, 1.807) is 6.33 Å². The average Bonchev–Trinajstić information content (AvgIpc) is 2.70. The number of aryl methyl sites for hydroxylation is 1. The van der Waals surface area contributed by atoms with Crippen LogP contribution in [0.25, 0.3) is 11.4 Å². The van der Waals surface area contributed by atoms with E-state index in [2.05, 4.69) is 26.0 Å². The SMILES string of the molecule is CCn1ncnc1-c1cccc(Br)c1N. The van der Waals surface area contributed by atoms with Crippen LogP contribution in [0.3, 0.4) is 0 Å². The van der Waals surface area contributed by atoms with Crippen LogP contribution >= 0.6 is 15.9 Å². The Kier molecular flexibility index (Phi) is 2.73. The summed E-state index contributed by atoms with van der Waals surface area (Å²) in [7, 11) is 0. The number of rotatable bonds is 2. The van der Waals surface area contributed by atoms with E-state index >= 15 is 0 Å². The second-order valence-corrected chi connectivity index (χ2v) is 3.95. The van der Waals surface area contributed by atoms with Gasteiger partial charge in [-0.05, 0) is 35.0 Å². The largest absolute Gasteiger partial charge is 0.397 e. The van der Waals surface area contributed by atoms with Gasteiger partial charge in [-0.25, -0.2) is 9.67 Å². The fourth-order valence-corrected chi connectivity index (χ4v) is 1.80. The third-order valence-corrected chi connectivity index (χ3v) is 2.90. The maximum absolute atomic E-state index is 5.97. The van der Waals surface area contributed by atoms with Crippen molar-refractivity contribution in [3.05, 3.63) is 29.0 Å². The van der Waals surface area contributed by atoms with Gasteiger partial charge in [-0.15, -0.1) is 0 Å². The molecule has 0 saturated carbocycles. The molecule has 0 unspecified atom stereocenters. The van der Waals surface area contributed by atoms with Gasteiger partial charge < -0.3 is 5.73 Å². The fraction of sp³-hybridized carbons (Fsp3) is 0.200. The fourth-order valence-electron chi connectivity index (χ4n) is 1.44. The lowest BCUT2D eigenvalue weighted by Gasteiger charge is -2.07. The van der Waals surface area contributed by atoms with E-state index in [0.717, 1.165) is 22.4 Å². The molecule has 1 heterocycles. The zero-order valence-corrected chi connectivity index (χ0v) is 9.90. The minimum absolute atomic E-state index is 0.695. The first-order valence-corrected chi connectivity index (χ1v) is 5.45. The molecule has 0 saturated heterocycles. The molecule has 1 aromatic carbocycles. The molecule has 2 N–H and O–H groups in total. The number of para-hydroxylation sites is 1. The lowest BCUT2D eigenvalue weighted by molar-refractivity contribution is 0.666. The Bertz CT molecular complexity index is 478. The summed E-state index contributed by atoms with van der Waals surface area (Å²) >= 11 is 3.40. The zero-order valence-electron chi connectivity index (χ0n) is 8.31. The van der Waals surface area contributed by atoms with E-state index < -0.39 is 0 Å². The van der Waals surface area contributed by atoms with Crippen molar-refractivity contribution < 1.29 is 0 Å². The quantitative estimate of drug-likeness (QED) is 0.849. The number of hydrogen-bond acceptors (Lipinski definition) is 3. The summed E-state index contributed by atoms with van der Waals surface area (Å²) in [4.78, 5) is 4.21. The molecule has 0 aliphatic heterocycles. The Morgan fingerprint density at radius 2 is 2.27 bits per heavy atom. The number of benzene rings is 1. The first kappa shape index (κ1) is 10.2. The van der Waals surface area contributed by atoms with Gasteiger partial charge in [-0.3, -0.25) is 0 Å². The summed E-state index contributed by atoms with van der Waals surface area (Å²) in [6.45, 7) is 2.80. The van der Waals surface area contributed by atoms with Crippen LogP contribution < -0.4 is 5.73 Å². The van der Waals surface area contributed by atoms with Gasteiger partial charge in [0.25, 0.3) is 0 Å². The van der Waals surface area contributed by atoms with Crippen molar-refractivity contribution in [3.63, 3.8) is 0 Å². The van der Waals surface area contributed by atoms with E-state index in [1.165, 1.54) is 0 Å². The van der Waals surface area contributed by atoms with Crippen LogP contribution in [0.5, 0.6) is 0 Å². The van der Waals surface area contributed by atoms with Gasteiger partial charge in [0, 0.05) is 16.6 Å². The molecule has 4 nitrogen and oxygen atoms in total. The number of nitrogens with zero attached hydrogens (tertiary/aromatic N) is 3. The highest BCUT2D eigenvalue weighted by molar-refractivity contribution is 9.10. The normalized spacial score (nSPS) is 10.5. The third-order valence-electron chi connectivity index (χ3n) is 2.21. The summed E-state index contributed by atoms with van der Waals surface area (Å²) in [6, 6.07) is 5.78. The predicted octanol–water partition coefficient (Wildman–Crippen LogP) is 2.31. The van der Waals surface area contributed by atoms with Crippen molar-refractivity contribution in [3.8, 4) is 11.4 Å². The smallest absolute Gasteiger partial charge is 0.160 e. The molecule has 0 aliphatic carbocycles. The van der Waals surface area contributed by atoms with Gasteiger partial charge in [0.1, 0.15) is 6.33 Å². The second-order valence-electron chi connectivity index (χ2n) is 3.10. The molecule has 15 heavy (non-hydrogen) atoms. The van der Waals surface area contributed by atoms with Crippen LogP contribution in [-0.2, 0) is 6.54 Å². The Labute approximate surface area is 96.3 Å². The summed E-state index contributed by atoms with van der Waals surface area (Å²) < 4.78 is 2.70. The monoisotopic (exact) mass is 266 g/mol. The first-order valence-electron chi connectivity index (χ1n) is 4.66. The Morgan fingerprint density at radius 1 is 1.47 bits per heavy atom. The van der Waals surface area contributed by atoms with Gasteiger partial charge in [-0.1, -0.05) is 6.07 Å². The third kappa shape index (κ3) is 1.74. The van der Waals surface area contributed by atoms with Gasteiger partial charge in [0.2, 0.25) is 0 Å². The number of hydrogen-bond donors (Lipinski definition) is 1. The van der Waals surface area contributed by atoms with Gasteiger partial charge in [0.15, 0.2) is 5.82 Å². The van der Waals surface area contributed by atoms with Crippen molar-refractivity contribution >= 4 is 21.6 Å². The molecule has 5 heteroatoms. The first-order chi connectivity index (χ1) is 7.24. The molecular formula is C10H11BrN4. The molecule has 0 spiro atoms. The molecule has 78 valence electrons. The van der Waals surface area contributed by atoms with Gasteiger partial charge in [-0.2, -0.15) is 5.10 Å². The summed E-state index contributed by atoms with van der Waals surface area (Å²) in [5, 5.41) is 4.12. The molecule has 1 aromatic heterocycles. The van der Waals surface area contributed by atoms with E-state index in [-0.39, 0.29) is 0 Å². The molecule has 2 rings (SSSR count). The Hall–Kier alpha value is -1.36. The van der Waals surface area contributed by atoms with Crippen molar-refractivity contribution in [2.45, 2.75) is 13.5 Å². The van der Waals surface area contributed by atoms with Crippen LogP contribution in [-0.4, -0.2) is 14.8 Å². The van der Waals surface area contributed by atoms with Gasteiger partial charge in [0.05, 0.1) is 5.69 Å². The van der Waals surface area contributed by atoms with E-state index in [1.807, 2.05) is 29.8 Å². The van der Waals surface area contributed by atoms with E-state index in [4.69, 9.17) is 5.73 Å². The standard InChI is InChI=1S/C10H11BrN4/c1-2-15-10(13-6-14-15)7-4-3-5-8(11)9(7)12/h3-6H,2,12H2,1H3. The van der Waals surface area contributed by atoms with Crippen molar-refractivity contribution in [2.24, 2.45) is 0 Å². The summed E-state index contributed by atoms with van der Waals surface area (Å²) in [5.74, 6) is 0.802. The maximum atomic E-state index is 5.97. The molecule has 0 fully saturated rings. The number of aromatic nitrogens is 3. The molecule has 2 aromatic rings. The number of halogens is 1. The molecule has 0 amide bonds. The Morgan fingerprint density at radius 3 is 3.00 bits per heavy atom. The Balaban J connectivity index is 2.59. The highest BCUT2D eigenvalue weighted by atomic mass is 79.9. The maximum Gasteiger partial charge on any atom is 0.160 e. The molecule has 0 atom stereocenters. The lowest BCUT2D eigenvalue weighted by Crippen LogP contribution is -2.01. The minimum Gasteiger partial charge on any atom is -0.397 e. The van der Waals surface area contributed by atoms with Crippen LogP contribution in [0.2, 0.25) is 0 Å². The number of nitrogens with two attached hydrogens (primary N) is 1. The topological polar surface area (TPSA) is 56.7 Å². The van der Waals surface area contributed by atoms with E-state index in [0.29, 0.717) is 5.69 Å². The van der Waals surface area contributed by atoms with Gasteiger partial charge >= 0.3 is 0 Å². The van der Waals surface area contributed by atoms with Crippen LogP contribution in [0.4, 0.5) is 5.69 Å². The van der Waals surface area contributed by atoms with E-state index in [9.17, 15) is 0 Å². The van der Waals surface area contributed by atoms with Crippen molar-refractivity contribution in [2.75, 3.05) is 5.73 Å². The molecular weight excluding hydrogens is 256 g/mol. The molecule has 0 radical (unpaired) electrons. The summed E-state index contributed by atoms with van der Waals surface area (Å²) in [6.07, 6.45) is 1.54. The average molecular weight is 267 g/mol.